The molecule has 0 aliphatic heterocycles. The van der Waals surface area contributed by atoms with Crippen molar-refractivity contribution < 1.29 is 9.53 Å². The molecule has 0 saturated carbocycles. The number of benzene rings is 2. The SMILES string of the molecule is CC(C)COc1ccc(C(=O)Nc2nc3ccccc3s2)cc1. The number of aromatic nitrogens is 1. The van der Waals surface area contributed by atoms with Crippen LogP contribution in [-0.4, -0.2) is 17.5 Å². The second kappa shape index (κ2) is 6.79. The summed E-state index contributed by atoms with van der Waals surface area (Å²) in [5.74, 6) is 1.08. The number of ether oxygens (including phenoxy) is 1. The van der Waals surface area contributed by atoms with E-state index in [9.17, 15) is 4.79 Å². The monoisotopic (exact) mass is 326 g/mol. The highest BCUT2D eigenvalue weighted by Crippen LogP contribution is 2.25. The molecule has 1 amide bonds. The van der Waals surface area contributed by atoms with Gasteiger partial charge in [0.1, 0.15) is 5.75 Å². The highest BCUT2D eigenvalue weighted by atomic mass is 32.1. The van der Waals surface area contributed by atoms with Gasteiger partial charge in [0.2, 0.25) is 0 Å². The summed E-state index contributed by atoms with van der Waals surface area (Å²) in [5.41, 5.74) is 1.48. The second-order valence-electron chi connectivity index (χ2n) is 5.67. The fourth-order valence-electron chi connectivity index (χ4n) is 2.06. The van der Waals surface area contributed by atoms with Crippen LogP contribution in [0.15, 0.2) is 48.5 Å². The van der Waals surface area contributed by atoms with Gasteiger partial charge in [0.05, 0.1) is 16.8 Å². The zero-order valence-corrected chi connectivity index (χ0v) is 13.9. The minimum Gasteiger partial charge on any atom is -0.493 e. The molecular formula is C18H18N2O2S. The van der Waals surface area contributed by atoms with Gasteiger partial charge in [-0.1, -0.05) is 37.3 Å². The third-order valence-corrected chi connectivity index (χ3v) is 4.17. The van der Waals surface area contributed by atoms with E-state index in [4.69, 9.17) is 4.74 Å². The smallest absolute Gasteiger partial charge is 0.257 e. The molecule has 0 unspecified atom stereocenters. The zero-order chi connectivity index (χ0) is 16.2. The summed E-state index contributed by atoms with van der Waals surface area (Å²) < 4.78 is 6.67. The van der Waals surface area contributed by atoms with E-state index in [0.717, 1.165) is 16.0 Å². The summed E-state index contributed by atoms with van der Waals surface area (Å²) in [6.07, 6.45) is 0. The van der Waals surface area contributed by atoms with E-state index in [1.807, 2.05) is 36.4 Å². The van der Waals surface area contributed by atoms with E-state index < -0.39 is 0 Å². The van der Waals surface area contributed by atoms with Crippen molar-refractivity contribution in [1.82, 2.24) is 4.98 Å². The minimum absolute atomic E-state index is 0.167. The molecule has 0 aliphatic carbocycles. The lowest BCUT2D eigenvalue weighted by molar-refractivity contribution is 0.102. The number of nitrogens with zero attached hydrogens (tertiary/aromatic N) is 1. The topological polar surface area (TPSA) is 51.2 Å². The number of thiazole rings is 1. The lowest BCUT2D eigenvalue weighted by atomic mass is 10.2. The predicted molar refractivity (Wildman–Crippen MR) is 94.3 cm³/mol. The van der Waals surface area contributed by atoms with Gasteiger partial charge in [0.15, 0.2) is 5.13 Å². The summed E-state index contributed by atoms with van der Waals surface area (Å²) >= 11 is 1.47. The molecule has 4 nitrogen and oxygen atoms in total. The molecule has 23 heavy (non-hydrogen) atoms. The Labute approximate surface area is 139 Å². The fraction of sp³-hybridized carbons (Fsp3) is 0.222. The average molecular weight is 326 g/mol. The Kier molecular flexibility index (Phi) is 4.57. The molecule has 0 atom stereocenters. The highest BCUT2D eigenvalue weighted by Gasteiger charge is 2.10. The number of hydrogen-bond acceptors (Lipinski definition) is 4. The predicted octanol–water partition coefficient (Wildman–Crippen LogP) is 4.58. The van der Waals surface area contributed by atoms with Crippen molar-refractivity contribution in [3.8, 4) is 5.75 Å². The summed E-state index contributed by atoms with van der Waals surface area (Å²) in [6, 6.07) is 15.0. The summed E-state index contributed by atoms with van der Waals surface area (Å²) in [5, 5.41) is 3.45. The Morgan fingerprint density at radius 1 is 1.17 bits per heavy atom. The van der Waals surface area contributed by atoms with Crippen LogP contribution in [0.25, 0.3) is 10.2 Å². The molecular weight excluding hydrogens is 308 g/mol. The Hall–Kier alpha value is -2.40. The normalized spacial score (nSPS) is 10.9. The molecule has 0 spiro atoms. The van der Waals surface area contributed by atoms with Crippen LogP contribution < -0.4 is 10.1 Å². The number of amides is 1. The van der Waals surface area contributed by atoms with Crippen LogP contribution in [-0.2, 0) is 0 Å². The Morgan fingerprint density at radius 2 is 1.91 bits per heavy atom. The molecule has 0 saturated heterocycles. The molecule has 0 radical (unpaired) electrons. The van der Waals surface area contributed by atoms with Gasteiger partial charge >= 0.3 is 0 Å². The van der Waals surface area contributed by atoms with Crippen LogP contribution >= 0.6 is 11.3 Å². The molecule has 3 aromatic rings. The molecule has 2 aromatic carbocycles. The first kappa shape index (κ1) is 15.5. The van der Waals surface area contributed by atoms with Gasteiger partial charge < -0.3 is 4.74 Å². The fourth-order valence-corrected chi connectivity index (χ4v) is 2.92. The molecule has 1 aromatic heterocycles. The second-order valence-corrected chi connectivity index (χ2v) is 6.70. The van der Waals surface area contributed by atoms with E-state index >= 15 is 0 Å². The maximum atomic E-state index is 12.3. The Morgan fingerprint density at radius 3 is 2.61 bits per heavy atom. The van der Waals surface area contributed by atoms with E-state index in [1.165, 1.54) is 11.3 Å². The number of carbonyl (C=O) groups is 1. The molecule has 1 heterocycles. The number of carbonyl (C=O) groups excluding carboxylic acids is 1. The number of rotatable bonds is 5. The first-order valence-corrected chi connectivity index (χ1v) is 8.33. The van der Waals surface area contributed by atoms with E-state index in [0.29, 0.717) is 23.2 Å². The Bertz CT molecular complexity index is 776. The van der Waals surface area contributed by atoms with Crippen molar-refractivity contribution in [1.29, 1.82) is 0 Å². The number of hydrogen-bond donors (Lipinski definition) is 1. The number of anilines is 1. The van der Waals surface area contributed by atoms with Crippen molar-refractivity contribution in [2.24, 2.45) is 5.92 Å². The van der Waals surface area contributed by atoms with Crippen molar-refractivity contribution in [3.63, 3.8) is 0 Å². The lowest BCUT2D eigenvalue weighted by Gasteiger charge is -2.09. The average Bonchev–Trinajstić information content (AvgIpc) is 2.95. The van der Waals surface area contributed by atoms with Gasteiger partial charge in [-0.15, -0.1) is 0 Å². The highest BCUT2D eigenvalue weighted by molar-refractivity contribution is 7.22. The van der Waals surface area contributed by atoms with Crippen LogP contribution in [0.4, 0.5) is 5.13 Å². The van der Waals surface area contributed by atoms with E-state index in [2.05, 4.69) is 24.1 Å². The van der Waals surface area contributed by atoms with Gasteiger partial charge in [-0.3, -0.25) is 10.1 Å². The van der Waals surface area contributed by atoms with E-state index in [1.54, 1.807) is 12.1 Å². The van der Waals surface area contributed by atoms with Crippen LogP contribution in [0, 0.1) is 5.92 Å². The number of nitrogens with one attached hydrogen (secondary N) is 1. The van der Waals surface area contributed by atoms with Gasteiger partial charge in [-0.05, 0) is 42.3 Å². The molecule has 3 rings (SSSR count). The van der Waals surface area contributed by atoms with Gasteiger partial charge in [0.25, 0.3) is 5.91 Å². The summed E-state index contributed by atoms with van der Waals surface area (Å²) in [4.78, 5) is 16.7. The summed E-state index contributed by atoms with van der Waals surface area (Å²) in [6.45, 7) is 4.86. The molecule has 0 bridgehead atoms. The molecule has 5 heteroatoms. The Balaban J connectivity index is 1.67. The van der Waals surface area contributed by atoms with Crippen LogP contribution in [0.3, 0.4) is 0 Å². The molecule has 1 N–H and O–H groups in total. The van der Waals surface area contributed by atoms with Crippen molar-refractivity contribution in [2.75, 3.05) is 11.9 Å². The number of fused-ring (bicyclic) bond motifs is 1. The maximum Gasteiger partial charge on any atom is 0.257 e. The maximum absolute atomic E-state index is 12.3. The van der Waals surface area contributed by atoms with Crippen molar-refractivity contribution >= 4 is 32.6 Å². The molecule has 118 valence electrons. The van der Waals surface area contributed by atoms with Crippen LogP contribution in [0.1, 0.15) is 24.2 Å². The third-order valence-electron chi connectivity index (χ3n) is 3.21. The van der Waals surface area contributed by atoms with Gasteiger partial charge in [-0.25, -0.2) is 4.98 Å². The lowest BCUT2D eigenvalue weighted by Crippen LogP contribution is -2.11. The van der Waals surface area contributed by atoms with Gasteiger partial charge in [0, 0.05) is 5.56 Å². The van der Waals surface area contributed by atoms with Crippen molar-refractivity contribution in [3.05, 3.63) is 54.1 Å². The number of para-hydroxylation sites is 1. The first-order valence-electron chi connectivity index (χ1n) is 7.51. The zero-order valence-electron chi connectivity index (χ0n) is 13.1. The van der Waals surface area contributed by atoms with Crippen LogP contribution in [0.2, 0.25) is 0 Å². The minimum atomic E-state index is -0.167. The van der Waals surface area contributed by atoms with E-state index in [-0.39, 0.29) is 5.91 Å². The largest absolute Gasteiger partial charge is 0.493 e. The summed E-state index contributed by atoms with van der Waals surface area (Å²) in [7, 11) is 0. The van der Waals surface area contributed by atoms with Crippen molar-refractivity contribution in [2.45, 2.75) is 13.8 Å². The molecule has 0 fully saturated rings. The molecule has 0 aliphatic rings. The van der Waals surface area contributed by atoms with Gasteiger partial charge in [-0.2, -0.15) is 0 Å². The first-order chi connectivity index (χ1) is 11.1. The quantitative estimate of drug-likeness (QED) is 0.746. The van der Waals surface area contributed by atoms with Crippen LogP contribution in [0.5, 0.6) is 5.75 Å². The standard InChI is InChI=1S/C18H18N2O2S/c1-12(2)11-22-14-9-7-13(8-10-14)17(21)20-18-19-15-5-3-4-6-16(15)23-18/h3-10,12H,11H2,1-2H3,(H,19,20,21). The third kappa shape index (κ3) is 3.87.